The molecule has 3 aromatic heterocycles. The summed E-state index contributed by atoms with van der Waals surface area (Å²) in [5.74, 6) is 1.14. The molecule has 6 heteroatoms. The van der Waals surface area contributed by atoms with Crippen molar-refractivity contribution in [3.8, 4) is 50.5 Å². The summed E-state index contributed by atoms with van der Waals surface area (Å²) >= 11 is 6.21. The van der Waals surface area contributed by atoms with Crippen molar-refractivity contribution in [1.29, 1.82) is 0 Å². The van der Waals surface area contributed by atoms with Crippen molar-refractivity contribution in [3.05, 3.63) is 168 Å². The van der Waals surface area contributed by atoms with Crippen LogP contribution < -0.4 is 0 Å². The molecular formula is C61H57N3OPtS. The Morgan fingerprint density at radius 3 is 1.94 bits per heavy atom. The van der Waals surface area contributed by atoms with Gasteiger partial charge in [0.15, 0.2) is 0 Å². The van der Waals surface area contributed by atoms with Crippen molar-refractivity contribution in [2.75, 3.05) is 0 Å². The van der Waals surface area contributed by atoms with Gasteiger partial charge in [0.05, 0.1) is 16.9 Å². The topological polar surface area (TPSA) is 43.9 Å². The minimum Gasteiger partial charge on any atom is -0.779 e. The van der Waals surface area contributed by atoms with Crippen molar-refractivity contribution >= 4 is 56.5 Å². The molecule has 0 saturated heterocycles. The van der Waals surface area contributed by atoms with Crippen molar-refractivity contribution < 1.29 is 25.5 Å². The third kappa shape index (κ3) is 8.33. The third-order valence-electron chi connectivity index (χ3n) is 13.3. The number of benzene rings is 7. The molecule has 0 fully saturated rings. The van der Waals surface area contributed by atoms with Gasteiger partial charge in [-0.3, -0.25) is 9.97 Å². The van der Waals surface area contributed by atoms with Crippen LogP contribution >= 0.6 is 0 Å². The van der Waals surface area contributed by atoms with Crippen molar-refractivity contribution in [3.63, 3.8) is 0 Å². The fraction of sp³-hybridized carbons (Fsp3) is 0.246. The molecule has 0 aliphatic rings. The molecule has 7 aromatic carbocycles. The summed E-state index contributed by atoms with van der Waals surface area (Å²) in [5, 5.41) is 3.29. The average Bonchev–Trinajstić information content (AvgIpc) is 3.85. The second-order valence-electron chi connectivity index (χ2n) is 21.4. The van der Waals surface area contributed by atoms with Gasteiger partial charge >= 0.3 is 21.1 Å². The number of hydrogen-bond acceptors (Lipinski definition) is 4. The summed E-state index contributed by atoms with van der Waals surface area (Å²) in [6.45, 7) is 25.1. The first-order valence-corrected chi connectivity index (χ1v) is 23.6. The summed E-state index contributed by atoms with van der Waals surface area (Å²) < 4.78 is 8.67. The molecule has 0 radical (unpaired) electrons. The Hall–Kier alpha value is -5.87. The number of pyridine rings is 1. The molecular weight excluding hydrogens is 1020 g/mol. The van der Waals surface area contributed by atoms with Gasteiger partial charge in [0.2, 0.25) is 0 Å². The minimum absolute atomic E-state index is 0. The Balaban J connectivity index is 0.00000562. The fourth-order valence-electron chi connectivity index (χ4n) is 9.44. The molecule has 0 aliphatic heterocycles. The largest absolute Gasteiger partial charge is 2.00 e. The Morgan fingerprint density at radius 1 is 0.552 bits per heavy atom. The van der Waals surface area contributed by atoms with Gasteiger partial charge in [0.25, 0.3) is 0 Å². The number of rotatable bonds is 6. The predicted octanol–water partition coefficient (Wildman–Crippen LogP) is 16.9. The van der Waals surface area contributed by atoms with Gasteiger partial charge in [0, 0.05) is 39.3 Å². The first-order valence-electron chi connectivity index (χ1n) is 23.2. The fourth-order valence-corrected chi connectivity index (χ4v) is 9.71. The zero-order valence-electron chi connectivity index (χ0n) is 40.3. The molecule has 0 N–H and O–H groups in total. The van der Waals surface area contributed by atoms with Gasteiger partial charge in [0.1, 0.15) is 11.2 Å². The van der Waals surface area contributed by atoms with Crippen LogP contribution in [0.4, 0.5) is 0 Å². The van der Waals surface area contributed by atoms with Gasteiger partial charge < -0.3 is 21.6 Å². The molecule has 4 nitrogen and oxygen atoms in total. The van der Waals surface area contributed by atoms with Crippen molar-refractivity contribution in [2.24, 2.45) is 0 Å². The summed E-state index contributed by atoms with van der Waals surface area (Å²) in [6.07, 6.45) is 1.97. The van der Waals surface area contributed by atoms with E-state index < -0.39 is 0 Å². The molecule has 0 amide bonds. The van der Waals surface area contributed by atoms with E-state index in [0.717, 1.165) is 88.9 Å². The summed E-state index contributed by atoms with van der Waals surface area (Å²) in [4.78, 5) is 11.6. The van der Waals surface area contributed by atoms with Crippen LogP contribution in [-0.2, 0) is 49.9 Å². The molecule has 0 bridgehead atoms. The van der Waals surface area contributed by atoms with Gasteiger partial charge in [-0.1, -0.05) is 166 Å². The zero-order valence-corrected chi connectivity index (χ0v) is 43.4. The molecule has 338 valence electrons. The maximum absolute atomic E-state index is 6.30. The van der Waals surface area contributed by atoms with E-state index in [9.17, 15) is 0 Å². The predicted molar refractivity (Wildman–Crippen MR) is 280 cm³/mol. The van der Waals surface area contributed by atoms with E-state index in [1.54, 1.807) is 0 Å². The second kappa shape index (κ2) is 17.0. The summed E-state index contributed by atoms with van der Waals surface area (Å²) in [6, 6.07) is 52.1. The van der Waals surface area contributed by atoms with E-state index in [2.05, 4.69) is 202 Å². The standard InChI is InChI=1S/C61H58N3OS.Pt/c1-36(2)43-26-27-62-56-47(32-42(33-50(43)56)61(9,10)11)38-28-39(30-41(29-38)60(6,7)8)58-63-57-45(49-34-48-44-20-15-16-23-53(44)65-54(48)35-55(49)66)21-17-22-52(57)64(58)51-25-24-40(59(3,4)5)31-46(51)37-18-13-12-14-19-37;/h12-27,29-36,66H,1-11H3;/q-1;+2/p-1. The first kappa shape index (κ1) is 46.2. The van der Waals surface area contributed by atoms with Crippen LogP contribution in [-0.4, -0.2) is 14.5 Å². The molecule has 0 saturated carbocycles. The quantitative estimate of drug-likeness (QED) is 0.123. The van der Waals surface area contributed by atoms with E-state index in [1.807, 2.05) is 24.4 Å². The number of hydrogen-bond donors (Lipinski definition) is 0. The third-order valence-corrected chi connectivity index (χ3v) is 13.6. The molecule has 0 atom stereocenters. The van der Waals surface area contributed by atoms with Crippen molar-refractivity contribution in [2.45, 2.75) is 103 Å². The Bertz CT molecular complexity index is 3520. The van der Waals surface area contributed by atoms with Crippen LogP contribution in [0.3, 0.4) is 0 Å². The first-order chi connectivity index (χ1) is 31.3. The second-order valence-corrected chi connectivity index (χ2v) is 21.8. The zero-order chi connectivity index (χ0) is 46.4. The van der Waals surface area contributed by atoms with Crippen LogP contribution in [0.1, 0.15) is 104 Å². The maximum atomic E-state index is 6.30. The molecule has 3 heterocycles. The molecule has 0 aliphatic carbocycles. The summed E-state index contributed by atoms with van der Waals surface area (Å²) in [7, 11) is 0. The smallest absolute Gasteiger partial charge is 0.779 e. The Morgan fingerprint density at radius 2 is 1.22 bits per heavy atom. The average molecular weight is 1080 g/mol. The number of nitrogens with zero attached hydrogens (tertiary/aromatic N) is 3. The van der Waals surface area contributed by atoms with Gasteiger partial charge in [-0.15, -0.1) is 29.3 Å². The van der Waals surface area contributed by atoms with E-state index >= 15 is 0 Å². The minimum atomic E-state index is -0.196. The monoisotopic (exact) mass is 1070 g/mol. The Kier molecular flexibility index (Phi) is 11.7. The molecule has 0 spiro atoms. The van der Waals surface area contributed by atoms with Gasteiger partial charge in [-0.25, -0.2) is 0 Å². The van der Waals surface area contributed by atoms with Crippen LogP contribution in [0.15, 0.2) is 149 Å². The van der Waals surface area contributed by atoms with Crippen LogP contribution in [0.25, 0.3) is 94.3 Å². The number of aromatic nitrogens is 3. The number of fused-ring (bicyclic) bond motifs is 5. The summed E-state index contributed by atoms with van der Waals surface area (Å²) in [5.41, 5.74) is 17.3. The van der Waals surface area contributed by atoms with E-state index in [0.29, 0.717) is 10.8 Å². The van der Waals surface area contributed by atoms with Gasteiger partial charge in [-0.2, -0.15) is 4.90 Å². The van der Waals surface area contributed by atoms with Crippen molar-refractivity contribution in [1.82, 2.24) is 14.5 Å². The molecule has 67 heavy (non-hydrogen) atoms. The van der Waals surface area contributed by atoms with E-state index in [4.69, 9.17) is 27.0 Å². The van der Waals surface area contributed by atoms with E-state index in [-0.39, 0.29) is 37.3 Å². The number of para-hydroxylation sites is 2. The number of imidazole rings is 1. The van der Waals surface area contributed by atoms with Crippen LogP contribution in [0, 0.1) is 6.07 Å². The number of furan rings is 1. The molecule has 0 unspecified atom stereocenters. The molecule has 10 rings (SSSR count). The van der Waals surface area contributed by atoms with Crippen LogP contribution in [0.5, 0.6) is 0 Å². The Labute approximate surface area is 415 Å². The van der Waals surface area contributed by atoms with Crippen LogP contribution in [0.2, 0.25) is 0 Å². The SMILES string of the molecule is CC(C)c1ccnc2c(-c3[c-]c(-c4nc5c(-c6cc7c(cc6[S-])oc6ccccc67)cccc5n4-c4ccc(C(C)(C)C)cc4-c4ccccc4)cc(C(C)(C)C)c3)cc(C(C)(C)C)cc12.[Pt+2]. The maximum Gasteiger partial charge on any atom is 2.00 e. The van der Waals surface area contributed by atoms with E-state index in [1.165, 1.54) is 27.6 Å². The molecule has 10 aromatic rings. The normalized spacial score (nSPS) is 12.5. The van der Waals surface area contributed by atoms with Gasteiger partial charge in [-0.05, 0) is 97.8 Å².